The minimum absolute atomic E-state index is 0.668. The molecule has 0 amide bonds. The van der Waals surface area contributed by atoms with E-state index in [1.165, 1.54) is 43.7 Å². The second kappa shape index (κ2) is 9.55. The predicted molar refractivity (Wildman–Crippen MR) is 132 cm³/mol. The Morgan fingerprint density at radius 2 is 1.38 bits per heavy atom. The quantitative estimate of drug-likeness (QED) is 0.504. The molecule has 2 saturated heterocycles. The number of nitrogens with zero attached hydrogens (tertiary/aromatic N) is 4. The van der Waals surface area contributed by atoms with Crippen LogP contribution in [0.25, 0.3) is 11.5 Å². The predicted octanol–water partition coefficient (Wildman–Crippen LogP) is 5.62. The van der Waals surface area contributed by atoms with Gasteiger partial charge in [-0.05, 0) is 74.7 Å². The molecule has 0 radical (unpaired) electrons. The minimum atomic E-state index is 0.668. The van der Waals surface area contributed by atoms with Gasteiger partial charge in [-0.1, -0.05) is 11.6 Å². The zero-order chi connectivity index (χ0) is 21.9. The first-order valence-corrected chi connectivity index (χ1v) is 12.1. The summed E-state index contributed by atoms with van der Waals surface area (Å²) in [6, 6.07) is 16.8. The van der Waals surface area contributed by atoms with Crippen molar-refractivity contribution in [3.8, 4) is 11.5 Å². The third kappa shape index (κ3) is 4.79. The summed E-state index contributed by atoms with van der Waals surface area (Å²) in [4.78, 5) is 12.2. The Bertz CT molecular complexity index is 1020. The molecule has 0 bridgehead atoms. The number of rotatable bonds is 5. The van der Waals surface area contributed by atoms with E-state index < -0.39 is 0 Å². The topological polar surface area (TPSA) is 35.8 Å². The van der Waals surface area contributed by atoms with Crippen LogP contribution in [0, 0.1) is 6.92 Å². The van der Waals surface area contributed by atoms with E-state index in [4.69, 9.17) is 21.0 Å². The van der Waals surface area contributed by atoms with Crippen molar-refractivity contribution in [3.05, 3.63) is 65.0 Å². The number of aromatic nitrogens is 1. The fraction of sp³-hybridized carbons (Fsp3) is 0.423. The largest absolute Gasteiger partial charge is 0.441 e. The summed E-state index contributed by atoms with van der Waals surface area (Å²) in [6.07, 6.45) is 4.00. The molecule has 3 aromatic rings. The van der Waals surface area contributed by atoms with E-state index in [-0.39, 0.29) is 0 Å². The molecular formula is C26H31ClN4O. The minimum Gasteiger partial charge on any atom is -0.441 e. The molecule has 1 aromatic heterocycles. The molecule has 6 heteroatoms. The SMILES string of the molecule is Cc1oc(-c2ccc(Cl)cc2)nc1CN1CCN(c2ccc(N3CCCCC3)cc2)CC1. The van der Waals surface area contributed by atoms with Crippen LogP contribution in [0.1, 0.15) is 30.7 Å². The molecule has 2 aliphatic heterocycles. The summed E-state index contributed by atoms with van der Waals surface area (Å²) >= 11 is 6.00. The fourth-order valence-electron chi connectivity index (χ4n) is 4.69. The number of hydrogen-bond donors (Lipinski definition) is 0. The van der Waals surface area contributed by atoms with E-state index in [2.05, 4.69) is 39.0 Å². The monoisotopic (exact) mass is 450 g/mol. The molecule has 0 saturated carbocycles. The number of piperazine rings is 1. The van der Waals surface area contributed by atoms with Gasteiger partial charge in [0.05, 0.1) is 5.69 Å². The van der Waals surface area contributed by atoms with Gasteiger partial charge in [-0.2, -0.15) is 0 Å². The highest BCUT2D eigenvalue weighted by molar-refractivity contribution is 6.30. The van der Waals surface area contributed by atoms with Crippen LogP contribution in [0.3, 0.4) is 0 Å². The van der Waals surface area contributed by atoms with Crippen LogP contribution >= 0.6 is 11.6 Å². The maximum absolute atomic E-state index is 6.00. The lowest BCUT2D eigenvalue weighted by Gasteiger charge is -2.36. The van der Waals surface area contributed by atoms with E-state index in [1.807, 2.05) is 31.2 Å². The van der Waals surface area contributed by atoms with Crippen molar-refractivity contribution in [3.63, 3.8) is 0 Å². The van der Waals surface area contributed by atoms with Crippen LogP contribution in [0.5, 0.6) is 0 Å². The maximum Gasteiger partial charge on any atom is 0.226 e. The number of oxazole rings is 1. The van der Waals surface area contributed by atoms with Crippen LogP contribution in [0.4, 0.5) is 11.4 Å². The lowest BCUT2D eigenvalue weighted by atomic mass is 10.1. The van der Waals surface area contributed by atoms with Crippen molar-refractivity contribution in [1.29, 1.82) is 0 Å². The van der Waals surface area contributed by atoms with Gasteiger partial charge in [0.15, 0.2) is 0 Å². The van der Waals surface area contributed by atoms with Crippen molar-refractivity contribution in [1.82, 2.24) is 9.88 Å². The zero-order valence-corrected chi connectivity index (χ0v) is 19.5. The number of benzene rings is 2. The molecule has 5 nitrogen and oxygen atoms in total. The van der Waals surface area contributed by atoms with E-state index in [0.717, 1.165) is 54.8 Å². The van der Waals surface area contributed by atoms with Crippen molar-refractivity contribution < 1.29 is 4.42 Å². The number of anilines is 2. The first-order valence-electron chi connectivity index (χ1n) is 11.7. The highest BCUT2D eigenvalue weighted by Crippen LogP contribution is 2.26. The van der Waals surface area contributed by atoms with Gasteiger partial charge in [0, 0.05) is 67.8 Å². The van der Waals surface area contributed by atoms with E-state index in [9.17, 15) is 0 Å². The molecule has 0 atom stereocenters. The molecular weight excluding hydrogens is 420 g/mol. The van der Waals surface area contributed by atoms with Gasteiger partial charge in [0.1, 0.15) is 5.76 Å². The number of piperidine rings is 1. The summed E-state index contributed by atoms with van der Waals surface area (Å²) in [5.74, 6) is 1.56. The van der Waals surface area contributed by atoms with Gasteiger partial charge in [-0.3, -0.25) is 4.90 Å². The Labute approximate surface area is 195 Å². The zero-order valence-electron chi connectivity index (χ0n) is 18.8. The summed E-state index contributed by atoms with van der Waals surface area (Å²) in [6.45, 7) is 9.33. The molecule has 0 spiro atoms. The van der Waals surface area contributed by atoms with Crippen LogP contribution in [0.2, 0.25) is 5.02 Å². The third-order valence-corrected chi connectivity index (χ3v) is 6.92. The van der Waals surface area contributed by atoms with Crippen LogP contribution in [-0.2, 0) is 6.54 Å². The second-order valence-electron chi connectivity index (χ2n) is 8.86. The number of aryl methyl sites for hydroxylation is 1. The molecule has 32 heavy (non-hydrogen) atoms. The normalized spacial score (nSPS) is 17.7. The van der Waals surface area contributed by atoms with Gasteiger partial charge in [-0.15, -0.1) is 0 Å². The molecule has 0 N–H and O–H groups in total. The smallest absolute Gasteiger partial charge is 0.226 e. The van der Waals surface area contributed by atoms with E-state index >= 15 is 0 Å². The van der Waals surface area contributed by atoms with Gasteiger partial charge in [0.2, 0.25) is 5.89 Å². The van der Waals surface area contributed by atoms with Gasteiger partial charge < -0.3 is 14.2 Å². The van der Waals surface area contributed by atoms with Crippen molar-refractivity contribution in [2.24, 2.45) is 0 Å². The summed E-state index contributed by atoms with van der Waals surface area (Å²) in [7, 11) is 0. The number of halogens is 1. The average Bonchev–Trinajstić information content (AvgIpc) is 3.21. The summed E-state index contributed by atoms with van der Waals surface area (Å²) in [5, 5.41) is 0.719. The van der Waals surface area contributed by atoms with E-state index in [1.54, 1.807) is 0 Å². The molecule has 2 aliphatic rings. The lowest BCUT2D eigenvalue weighted by Crippen LogP contribution is -2.46. The molecule has 0 unspecified atom stereocenters. The molecule has 5 rings (SSSR count). The first kappa shape index (κ1) is 21.4. The highest BCUT2D eigenvalue weighted by atomic mass is 35.5. The van der Waals surface area contributed by atoms with Gasteiger partial charge >= 0.3 is 0 Å². The van der Waals surface area contributed by atoms with Gasteiger partial charge in [0.25, 0.3) is 0 Å². The Kier molecular flexibility index (Phi) is 6.37. The van der Waals surface area contributed by atoms with Crippen molar-refractivity contribution in [2.75, 3.05) is 49.1 Å². The van der Waals surface area contributed by atoms with Crippen LogP contribution in [-0.4, -0.2) is 49.2 Å². The average molecular weight is 451 g/mol. The number of hydrogen-bond acceptors (Lipinski definition) is 5. The van der Waals surface area contributed by atoms with Crippen LogP contribution < -0.4 is 9.80 Å². The Balaban J connectivity index is 1.17. The van der Waals surface area contributed by atoms with Crippen molar-refractivity contribution in [2.45, 2.75) is 32.7 Å². The Morgan fingerprint density at radius 1 is 0.781 bits per heavy atom. The Morgan fingerprint density at radius 3 is 2.00 bits per heavy atom. The lowest BCUT2D eigenvalue weighted by molar-refractivity contribution is 0.246. The molecule has 2 fully saturated rings. The maximum atomic E-state index is 6.00. The summed E-state index contributed by atoms with van der Waals surface area (Å²) < 4.78 is 5.94. The Hall–Kier alpha value is -2.50. The first-order chi connectivity index (χ1) is 15.7. The third-order valence-electron chi connectivity index (χ3n) is 6.67. The molecule has 0 aliphatic carbocycles. The van der Waals surface area contributed by atoms with Gasteiger partial charge in [-0.25, -0.2) is 4.98 Å². The van der Waals surface area contributed by atoms with E-state index in [0.29, 0.717) is 5.89 Å². The summed E-state index contributed by atoms with van der Waals surface area (Å²) in [5.41, 5.74) is 4.67. The van der Waals surface area contributed by atoms with Crippen molar-refractivity contribution >= 4 is 23.0 Å². The van der Waals surface area contributed by atoms with Crippen LogP contribution in [0.15, 0.2) is 52.9 Å². The fourth-order valence-corrected chi connectivity index (χ4v) is 4.82. The molecule has 3 heterocycles. The second-order valence-corrected chi connectivity index (χ2v) is 9.29. The standard InChI is InChI=1S/C26H31ClN4O/c1-20-25(28-26(32-20)21-5-7-22(27)8-6-21)19-29-15-17-31(18-16-29)24-11-9-23(10-12-24)30-13-3-2-4-14-30/h5-12H,2-4,13-19H2,1H3. The highest BCUT2D eigenvalue weighted by Gasteiger charge is 2.21. The molecule has 168 valence electrons. The molecule has 2 aromatic carbocycles.